The number of pyridine rings is 1. The molecule has 0 saturated heterocycles. The summed E-state index contributed by atoms with van der Waals surface area (Å²) in [7, 11) is 0. The van der Waals surface area contributed by atoms with Crippen molar-refractivity contribution in [2.45, 2.75) is 6.92 Å². The monoisotopic (exact) mass is 358 g/mol. The Morgan fingerprint density at radius 2 is 1.81 bits per heavy atom. The lowest BCUT2D eigenvalue weighted by atomic mass is 10.1. The van der Waals surface area contributed by atoms with Crippen molar-refractivity contribution in [2.75, 3.05) is 0 Å². The van der Waals surface area contributed by atoms with E-state index in [-0.39, 0.29) is 11.6 Å². The predicted molar refractivity (Wildman–Crippen MR) is 101 cm³/mol. The molecule has 0 spiro atoms. The third kappa shape index (κ3) is 3.37. The zero-order valence-electron chi connectivity index (χ0n) is 14.5. The molecule has 4 rings (SSSR count). The smallest absolute Gasteiger partial charge is 0.187 e. The quantitative estimate of drug-likeness (QED) is 0.344. The number of azo groups is 1. The summed E-state index contributed by atoms with van der Waals surface area (Å²) < 4.78 is 15.1. The van der Waals surface area contributed by atoms with Gasteiger partial charge >= 0.3 is 0 Å². The first-order valence-electron chi connectivity index (χ1n) is 8.37. The van der Waals surface area contributed by atoms with Gasteiger partial charge in [-0.1, -0.05) is 18.2 Å². The van der Waals surface area contributed by atoms with Gasteiger partial charge in [-0.2, -0.15) is 0 Å². The minimum absolute atomic E-state index is 0.0335. The van der Waals surface area contributed by atoms with Gasteiger partial charge in [-0.05, 0) is 55.5 Å². The highest BCUT2D eigenvalue weighted by atomic mass is 19.1. The van der Waals surface area contributed by atoms with E-state index in [9.17, 15) is 9.18 Å². The number of carbonyl (C=O) groups is 1. The first-order chi connectivity index (χ1) is 13.1. The van der Waals surface area contributed by atoms with E-state index >= 15 is 0 Å². The number of rotatable bonds is 4. The molecule has 0 aliphatic rings. The van der Waals surface area contributed by atoms with Gasteiger partial charge in [0.2, 0.25) is 0 Å². The maximum absolute atomic E-state index is 13.3. The summed E-state index contributed by atoms with van der Waals surface area (Å²) in [6.07, 6.45) is 1.84. The van der Waals surface area contributed by atoms with Crippen LogP contribution in [0.3, 0.4) is 0 Å². The minimum Gasteiger partial charge on any atom is -0.295 e. The number of imidazole rings is 1. The van der Waals surface area contributed by atoms with Crippen LogP contribution in [0, 0.1) is 5.82 Å². The second-order valence-corrected chi connectivity index (χ2v) is 6.03. The standard InChI is InChI=1S/C21H15FN4O/c1-14(27)16-5-4-6-18(13-16)24-25-21-20(15-8-10-17(22)11-9-15)23-19-7-2-3-12-26(19)21/h2-13H,1H3. The van der Waals surface area contributed by atoms with Crippen LogP contribution in [-0.4, -0.2) is 15.2 Å². The van der Waals surface area contributed by atoms with Gasteiger partial charge in [0.05, 0.1) is 5.69 Å². The fraction of sp³-hybridized carbons (Fsp3) is 0.0476. The molecule has 6 heteroatoms. The highest BCUT2D eigenvalue weighted by molar-refractivity contribution is 5.94. The summed E-state index contributed by atoms with van der Waals surface area (Å²) in [6.45, 7) is 1.51. The highest BCUT2D eigenvalue weighted by Gasteiger charge is 2.14. The molecule has 0 atom stereocenters. The molecule has 5 nitrogen and oxygen atoms in total. The van der Waals surface area contributed by atoms with Crippen LogP contribution < -0.4 is 0 Å². The van der Waals surface area contributed by atoms with Crippen molar-refractivity contribution in [2.24, 2.45) is 10.2 Å². The van der Waals surface area contributed by atoms with Crippen LogP contribution >= 0.6 is 0 Å². The third-order valence-electron chi connectivity index (χ3n) is 4.14. The Labute approximate surface area is 154 Å². The van der Waals surface area contributed by atoms with Gasteiger partial charge in [-0.15, -0.1) is 10.2 Å². The molecule has 132 valence electrons. The minimum atomic E-state index is -0.313. The molecule has 2 aromatic carbocycles. The number of carbonyl (C=O) groups excluding carboxylic acids is 1. The second kappa shape index (κ2) is 6.92. The van der Waals surface area contributed by atoms with Gasteiger partial charge in [0.1, 0.15) is 17.2 Å². The average Bonchev–Trinajstić information content (AvgIpc) is 3.06. The van der Waals surface area contributed by atoms with Crippen molar-refractivity contribution >= 4 is 22.9 Å². The van der Waals surface area contributed by atoms with Crippen molar-refractivity contribution in [3.8, 4) is 11.3 Å². The topological polar surface area (TPSA) is 59.1 Å². The van der Waals surface area contributed by atoms with Crippen LogP contribution in [0.15, 0.2) is 83.2 Å². The van der Waals surface area contributed by atoms with Gasteiger partial charge in [0.25, 0.3) is 0 Å². The molecule has 0 bridgehead atoms. The molecule has 0 radical (unpaired) electrons. The van der Waals surface area contributed by atoms with Gasteiger partial charge < -0.3 is 0 Å². The van der Waals surface area contributed by atoms with E-state index in [0.717, 1.165) is 5.56 Å². The van der Waals surface area contributed by atoms with E-state index in [1.807, 2.05) is 28.8 Å². The lowest BCUT2D eigenvalue weighted by Gasteiger charge is -2.00. The van der Waals surface area contributed by atoms with Crippen LogP contribution in [0.1, 0.15) is 17.3 Å². The molecule has 2 aromatic heterocycles. The van der Waals surface area contributed by atoms with Crippen LogP contribution in [0.2, 0.25) is 0 Å². The van der Waals surface area contributed by atoms with Crippen molar-refractivity contribution in [3.63, 3.8) is 0 Å². The maximum atomic E-state index is 13.3. The molecule has 0 aliphatic heterocycles. The Balaban J connectivity index is 1.83. The maximum Gasteiger partial charge on any atom is 0.187 e. The molecule has 2 heterocycles. The zero-order chi connectivity index (χ0) is 18.8. The molecule has 4 aromatic rings. The molecule has 27 heavy (non-hydrogen) atoms. The van der Waals surface area contributed by atoms with Crippen molar-refractivity contribution < 1.29 is 9.18 Å². The van der Waals surface area contributed by atoms with E-state index in [2.05, 4.69) is 15.2 Å². The van der Waals surface area contributed by atoms with Crippen LogP contribution in [-0.2, 0) is 0 Å². The summed E-state index contributed by atoms with van der Waals surface area (Å²) in [5.74, 6) is 0.186. The van der Waals surface area contributed by atoms with Gasteiger partial charge in [-0.25, -0.2) is 9.37 Å². The van der Waals surface area contributed by atoms with Crippen LogP contribution in [0.4, 0.5) is 15.9 Å². The number of ketones is 1. The number of fused-ring (bicyclic) bond motifs is 1. The largest absolute Gasteiger partial charge is 0.295 e. The first kappa shape index (κ1) is 16.8. The van der Waals surface area contributed by atoms with E-state index in [1.165, 1.54) is 19.1 Å². The number of halogens is 1. The summed E-state index contributed by atoms with van der Waals surface area (Å²) in [5, 5.41) is 8.67. The molecule has 0 saturated carbocycles. The molecule has 0 fully saturated rings. The Kier molecular flexibility index (Phi) is 4.30. The third-order valence-corrected chi connectivity index (χ3v) is 4.14. The summed E-state index contributed by atoms with van der Waals surface area (Å²) in [5.41, 5.74) is 3.20. The summed E-state index contributed by atoms with van der Waals surface area (Å²) in [4.78, 5) is 16.2. The van der Waals surface area contributed by atoms with Gasteiger partial charge in [-0.3, -0.25) is 9.20 Å². The predicted octanol–water partition coefficient (Wildman–Crippen LogP) is 5.76. The van der Waals surface area contributed by atoms with Gasteiger partial charge in [0.15, 0.2) is 11.6 Å². The van der Waals surface area contributed by atoms with Crippen molar-refractivity contribution in [1.29, 1.82) is 0 Å². The lowest BCUT2D eigenvalue weighted by Crippen LogP contribution is -1.89. The molecule has 0 amide bonds. The van der Waals surface area contributed by atoms with Crippen LogP contribution in [0.25, 0.3) is 16.9 Å². The molecule has 0 aliphatic carbocycles. The van der Waals surface area contributed by atoms with Crippen LogP contribution in [0.5, 0.6) is 0 Å². The van der Waals surface area contributed by atoms with Gasteiger partial charge in [0, 0.05) is 17.3 Å². The van der Waals surface area contributed by atoms with E-state index in [0.29, 0.717) is 28.4 Å². The van der Waals surface area contributed by atoms with Crippen molar-refractivity contribution in [3.05, 3.63) is 84.3 Å². The Bertz CT molecular complexity index is 1160. The Morgan fingerprint density at radius 1 is 1.00 bits per heavy atom. The molecular formula is C21H15FN4O. The normalized spacial score (nSPS) is 11.3. The fourth-order valence-corrected chi connectivity index (χ4v) is 2.77. The highest BCUT2D eigenvalue weighted by Crippen LogP contribution is 2.32. The number of nitrogens with zero attached hydrogens (tertiary/aromatic N) is 4. The number of hydrogen-bond acceptors (Lipinski definition) is 4. The Hall–Kier alpha value is -3.67. The Morgan fingerprint density at radius 3 is 2.59 bits per heavy atom. The average molecular weight is 358 g/mol. The molecule has 0 N–H and O–H groups in total. The summed E-state index contributed by atoms with van der Waals surface area (Å²) >= 11 is 0. The van der Waals surface area contributed by atoms with E-state index in [1.54, 1.807) is 36.4 Å². The van der Waals surface area contributed by atoms with E-state index < -0.39 is 0 Å². The number of benzene rings is 2. The first-order valence-corrected chi connectivity index (χ1v) is 8.37. The fourth-order valence-electron chi connectivity index (χ4n) is 2.77. The van der Waals surface area contributed by atoms with E-state index in [4.69, 9.17) is 0 Å². The molecule has 0 unspecified atom stereocenters. The number of Topliss-reactive ketones (excluding diaryl/α,β-unsaturated/α-hetero) is 1. The number of aromatic nitrogens is 2. The molecular weight excluding hydrogens is 343 g/mol. The lowest BCUT2D eigenvalue weighted by molar-refractivity contribution is 0.101. The van der Waals surface area contributed by atoms with Crippen molar-refractivity contribution in [1.82, 2.24) is 9.38 Å². The second-order valence-electron chi connectivity index (χ2n) is 6.03. The SMILES string of the molecule is CC(=O)c1cccc(N=Nc2c(-c3ccc(F)cc3)nc3ccccn23)c1. The summed E-state index contributed by atoms with van der Waals surface area (Å²) in [6, 6.07) is 18.7. The zero-order valence-corrected chi connectivity index (χ0v) is 14.5. The number of hydrogen-bond donors (Lipinski definition) is 0.